The Labute approximate surface area is 632 Å². The maximum absolute atomic E-state index is 13.1. The van der Waals surface area contributed by atoms with Crippen LogP contribution in [-0.4, -0.2) is 96.7 Å². The average molecular weight is 1510 g/mol. The highest BCUT2D eigenvalue weighted by atomic mass is 31.2. The summed E-state index contributed by atoms with van der Waals surface area (Å²) in [5, 5.41) is 10.7. The lowest BCUT2D eigenvalue weighted by Crippen LogP contribution is -2.30. The van der Waals surface area contributed by atoms with Crippen molar-refractivity contribution in [2.45, 2.75) is 453 Å². The van der Waals surface area contributed by atoms with Crippen LogP contribution in [0, 0.1) is 23.7 Å². The van der Waals surface area contributed by atoms with Gasteiger partial charge in [0.2, 0.25) is 0 Å². The van der Waals surface area contributed by atoms with Gasteiger partial charge in [-0.2, -0.15) is 0 Å². The monoisotopic (exact) mass is 1510 g/mol. The van der Waals surface area contributed by atoms with Crippen LogP contribution >= 0.6 is 15.6 Å². The zero-order chi connectivity index (χ0) is 76.0. The SMILES string of the molecule is CCC(C)CCCCCCCCCCCCCCCCCCCCC(=O)O[C@H](COC(=O)CCCCCCCCCCCCCCCCCCC(C)C)COP(=O)(O)OCC(O)COP(=O)(O)OC[C@@H](COC(=O)CCCCCCCCCC(C)C)OC(=O)CCCCCCCCCCCC(C)C. The fourth-order valence-electron chi connectivity index (χ4n) is 12.9. The highest BCUT2D eigenvalue weighted by Gasteiger charge is 2.30. The van der Waals surface area contributed by atoms with Gasteiger partial charge in [0.25, 0.3) is 0 Å². The summed E-state index contributed by atoms with van der Waals surface area (Å²) in [6.45, 7) is 14.3. The second-order valence-corrected chi connectivity index (χ2v) is 34.8. The molecule has 0 heterocycles. The minimum atomic E-state index is -4.97. The van der Waals surface area contributed by atoms with Crippen LogP contribution in [0.1, 0.15) is 434 Å². The molecule has 612 valence electrons. The number of ether oxygens (including phenoxy) is 4. The number of aliphatic hydroxyl groups is 1. The van der Waals surface area contributed by atoms with Crippen LogP contribution in [0.4, 0.5) is 0 Å². The number of hydrogen-bond donors (Lipinski definition) is 3. The Bertz CT molecular complexity index is 2010. The third-order valence-electron chi connectivity index (χ3n) is 19.9. The van der Waals surface area contributed by atoms with Crippen LogP contribution in [0.2, 0.25) is 0 Å². The molecule has 0 aromatic heterocycles. The highest BCUT2D eigenvalue weighted by molar-refractivity contribution is 7.47. The fraction of sp³-hybridized carbons (Fsp3) is 0.952. The van der Waals surface area contributed by atoms with Gasteiger partial charge >= 0.3 is 39.5 Å². The summed E-state index contributed by atoms with van der Waals surface area (Å²) >= 11 is 0. The van der Waals surface area contributed by atoms with Gasteiger partial charge in [-0.25, -0.2) is 9.13 Å². The predicted octanol–water partition coefficient (Wildman–Crippen LogP) is 25.2. The van der Waals surface area contributed by atoms with Crippen molar-refractivity contribution in [3.05, 3.63) is 0 Å². The maximum atomic E-state index is 13.1. The second kappa shape index (κ2) is 72.9. The van der Waals surface area contributed by atoms with Crippen LogP contribution in [0.3, 0.4) is 0 Å². The molecule has 0 aromatic rings. The quantitative estimate of drug-likeness (QED) is 0.0222. The van der Waals surface area contributed by atoms with E-state index in [2.05, 4.69) is 55.4 Å². The first kappa shape index (κ1) is 101. The predicted molar refractivity (Wildman–Crippen MR) is 423 cm³/mol. The number of esters is 4. The molecular weight excluding hydrogens is 1340 g/mol. The van der Waals surface area contributed by atoms with Gasteiger partial charge < -0.3 is 33.8 Å². The summed E-state index contributed by atoms with van der Waals surface area (Å²) in [4.78, 5) is 73.1. The molecule has 0 rings (SSSR count). The lowest BCUT2D eigenvalue weighted by Gasteiger charge is -2.21. The molecule has 0 radical (unpaired) electrons. The van der Waals surface area contributed by atoms with E-state index in [0.29, 0.717) is 31.6 Å². The van der Waals surface area contributed by atoms with Crippen molar-refractivity contribution < 1.29 is 80.2 Å². The van der Waals surface area contributed by atoms with Gasteiger partial charge in [-0.05, 0) is 49.4 Å². The van der Waals surface area contributed by atoms with E-state index >= 15 is 0 Å². The van der Waals surface area contributed by atoms with Crippen LogP contribution < -0.4 is 0 Å². The molecular formula is C84H164O17P2. The number of aliphatic hydroxyl groups excluding tert-OH is 1. The van der Waals surface area contributed by atoms with E-state index in [1.54, 1.807) is 0 Å². The Balaban J connectivity index is 5.21. The third kappa shape index (κ3) is 76.6. The van der Waals surface area contributed by atoms with Gasteiger partial charge in [0, 0.05) is 25.7 Å². The summed E-state index contributed by atoms with van der Waals surface area (Å²) in [7, 11) is -9.92. The van der Waals surface area contributed by atoms with Crippen LogP contribution in [0.25, 0.3) is 0 Å². The fourth-order valence-corrected chi connectivity index (χ4v) is 14.5. The standard InChI is InChI=1S/C84H164O17P2/c1-9-77(8)63-55-47-39-31-25-21-17-12-10-11-13-19-23-27-33-41-50-58-66-83(88)100-79(70-94-81(86)64-56-48-40-32-26-22-18-15-14-16-20-24-29-36-44-52-60-74(2)3)72-98-102(90,91)96-68-78(85)69-97-103(92,93)99-73-80(71-95-82(87)65-57-49-43-35-38-46-54-62-76(6)7)101-84(89)67-59-51-42-34-28-30-37-45-53-61-75(4)5/h74-80,85H,9-73H2,1-8H3,(H,90,91)(H,92,93)/t77?,78?,79-,80-/m1/s1. The maximum Gasteiger partial charge on any atom is 0.472 e. The third-order valence-corrected chi connectivity index (χ3v) is 21.8. The van der Waals surface area contributed by atoms with E-state index in [9.17, 15) is 43.2 Å². The summed E-state index contributed by atoms with van der Waals surface area (Å²) < 4.78 is 68.8. The number of rotatable bonds is 81. The Kier molecular flexibility index (Phi) is 71.5. The van der Waals surface area contributed by atoms with Gasteiger partial charge in [-0.3, -0.25) is 37.3 Å². The van der Waals surface area contributed by atoms with Gasteiger partial charge in [-0.1, -0.05) is 383 Å². The molecule has 0 saturated heterocycles. The van der Waals surface area contributed by atoms with E-state index < -0.39 is 97.5 Å². The smallest absolute Gasteiger partial charge is 0.462 e. The first-order valence-electron chi connectivity index (χ1n) is 43.2. The molecule has 0 spiro atoms. The highest BCUT2D eigenvalue weighted by Crippen LogP contribution is 2.45. The Morgan fingerprint density at radius 1 is 0.272 bits per heavy atom. The average Bonchev–Trinajstić information content (AvgIpc) is 0.968. The van der Waals surface area contributed by atoms with Crippen molar-refractivity contribution in [1.82, 2.24) is 0 Å². The summed E-state index contributed by atoms with van der Waals surface area (Å²) in [6.07, 6.45) is 61.3. The zero-order valence-electron chi connectivity index (χ0n) is 68.0. The molecule has 0 amide bonds. The van der Waals surface area contributed by atoms with Crippen molar-refractivity contribution in [2.24, 2.45) is 23.7 Å². The summed E-state index contributed by atoms with van der Waals surface area (Å²) in [6, 6.07) is 0. The minimum Gasteiger partial charge on any atom is -0.462 e. The van der Waals surface area contributed by atoms with Crippen LogP contribution in [-0.2, 0) is 65.4 Å². The molecule has 103 heavy (non-hydrogen) atoms. The Morgan fingerprint density at radius 2 is 0.466 bits per heavy atom. The second-order valence-electron chi connectivity index (χ2n) is 31.9. The molecule has 3 N–H and O–H groups in total. The van der Waals surface area contributed by atoms with E-state index in [1.807, 2.05) is 0 Å². The van der Waals surface area contributed by atoms with E-state index in [1.165, 1.54) is 231 Å². The Morgan fingerprint density at radius 3 is 0.689 bits per heavy atom. The normalized spacial score (nSPS) is 14.2. The van der Waals surface area contributed by atoms with Gasteiger partial charge in [0.15, 0.2) is 12.2 Å². The van der Waals surface area contributed by atoms with Gasteiger partial charge in [0.05, 0.1) is 26.4 Å². The molecule has 0 fully saturated rings. The molecule has 0 aromatic carbocycles. The van der Waals surface area contributed by atoms with E-state index in [4.69, 9.17) is 37.0 Å². The lowest BCUT2D eigenvalue weighted by atomic mass is 9.99. The van der Waals surface area contributed by atoms with Gasteiger partial charge in [0.1, 0.15) is 19.3 Å². The van der Waals surface area contributed by atoms with E-state index in [0.717, 1.165) is 114 Å². The van der Waals surface area contributed by atoms with Gasteiger partial charge in [-0.15, -0.1) is 0 Å². The number of carbonyl (C=O) groups excluding carboxylic acids is 4. The first-order chi connectivity index (χ1) is 49.6. The number of phosphoric ester groups is 2. The minimum absolute atomic E-state index is 0.104. The number of hydrogen-bond acceptors (Lipinski definition) is 15. The van der Waals surface area contributed by atoms with Crippen molar-refractivity contribution in [3.63, 3.8) is 0 Å². The number of unbranched alkanes of at least 4 members (excludes halogenated alkanes) is 46. The van der Waals surface area contributed by atoms with E-state index in [-0.39, 0.29) is 25.7 Å². The van der Waals surface area contributed by atoms with Crippen LogP contribution in [0.15, 0.2) is 0 Å². The van der Waals surface area contributed by atoms with Crippen LogP contribution in [0.5, 0.6) is 0 Å². The summed E-state index contributed by atoms with van der Waals surface area (Å²) in [5.41, 5.74) is 0. The molecule has 0 bridgehead atoms. The van der Waals surface area contributed by atoms with Crippen molar-refractivity contribution in [2.75, 3.05) is 39.6 Å². The first-order valence-corrected chi connectivity index (χ1v) is 46.2. The zero-order valence-corrected chi connectivity index (χ0v) is 69.7. The molecule has 0 saturated carbocycles. The molecule has 0 aliphatic rings. The number of carbonyl (C=O) groups is 4. The molecule has 17 nitrogen and oxygen atoms in total. The molecule has 0 aliphatic heterocycles. The number of phosphoric acid groups is 2. The molecule has 0 aliphatic carbocycles. The molecule has 4 unspecified atom stereocenters. The molecule has 19 heteroatoms. The lowest BCUT2D eigenvalue weighted by molar-refractivity contribution is -0.161. The van der Waals surface area contributed by atoms with Crippen molar-refractivity contribution >= 4 is 39.5 Å². The molecule has 6 atom stereocenters. The Hall–Kier alpha value is -1.94. The summed E-state index contributed by atoms with van der Waals surface area (Å²) in [5.74, 6) is 1.01. The van der Waals surface area contributed by atoms with Crippen molar-refractivity contribution in [3.8, 4) is 0 Å². The topological polar surface area (TPSA) is 237 Å². The largest absolute Gasteiger partial charge is 0.472 e. The van der Waals surface area contributed by atoms with Crippen molar-refractivity contribution in [1.29, 1.82) is 0 Å².